The van der Waals surface area contributed by atoms with Gasteiger partial charge in [-0.2, -0.15) is 17.6 Å². The van der Waals surface area contributed by atoms with E-state index in [-0.39, 0.29) is 48.4 Å². The lowest BCUT2D eigenvalue weighted by Gasteiger charge is -2.18. The third kappa shape index (κ3) is 30.0. The Hall–Kier alpha value is -12.8. The van der Waals surface area contributed by atoms with E-state index in [1.807, 2.05) is 0 Å². The highest BCUT2D eigenvalue weighted by atomic mass is 19.3. The molecule has 0 saturated heterocycles. The maximum absolute atomic E-state index is 12.7. The predicted molar refractivity (Wildman–Crippen MR) is 368 cm³/mol. The first-order valence-electron chi connectivity index (χ1n) is 30.0. The number of hydrogen-bond donors (Lipinski definition) is 8. The minimum Gasteiger partial charge on any atom is -0.481 e. The molecule has 0 radical (unpaired) electrons. The summed E-state index contributed by atoms with van der Waals surface area (Å²) in [4.78, 5) is 40.8. The van der Waals surface area contributed by atoms with Gasteiger partial charge in [-0.15, -0.1) is 0 Å². The first-order chi connectivity index (χ1) is 48.1. The number of Topliss-reactive ketones (excluding diaryl/α,β-unsaturated/α-hetero) is 1. The van der Waals surface area contributed by atoms with Crippen molar-refractivity contribution in [2.45, 2.75) is 102 Å². The fraction of sp³-hybridized carbons (Fsp3) is 0.241. The number of anilines is 4. The second kappa shape index (κ2) is 44.7. The Labute approximate surface area is 572 Å². The molecule has 0 amide bonds. The fourth-order valence-corrected chi connectivity index (χ4v) is 8.75. The lowest BCUT2D eigenvalue weighted by Crippen LogP contribution is -2.28. The van der Waals surface area contributed by atoms with Gasteiger partial charge in [-0.3, -0.25) is 9.59 Å². The first-order valence-corrected chi connectivity index (χ1v) is 30.0. The number of benzene rings is 4. The molecule has 0 bridgehead atoms. The van der Waals surface area contributed by atoms with Crippen LogP contribution in [0.5, 0.6) is 11.5 Å². The van der Waals surface area contributed by atoms with E-state index in [0.29, 0.717) is 45.5 Å². The van der Waals surface area contributed by atoms with Crippen LogP contribution in [0.3, 0.4) is 0 Å². The minimum absolute atomic E-state index is 0.0264. The highest BCUT2D eigenvalue weighted by molar-refractivity contribution is 5.86. The van der Waals surface area contributed by atoms with E-state index in [4.69, 9.17) is 15.9 Å². The van der Waals surface area contributed by atoms with Crippen LogP contribution in [0.15, 0.2) is 122 Å². The number of carboxylic acids is 1. The number of nitrogens with zero attached hydrogens (tertiary/aromatic N) is 4. The Bertz CT molecular complexity index is 4450. The third-order valence-electron chi connectivity index (χ3n) is 13.6. The Morgan fingerprint density at radius 3 is 1.05 bits per heavy atom. The number of carboxylic acid groups (broad SMARTS) is 1. The number of carbonyl (C=O) groups is 2. The van der Waals surface area contributed by atoms with Crippen molar-refractivity contribution in [3.05, 3.63) is 133 Å². The van der Waals surface area contributed by atoms with E-state index >= 15 is 0 Å². The summed E-state index contributed by atoms with van der Waals surface area (Å²) < 4.78 is 57.6. The average Bonchev–Trinajstić information content (AvgIpc) is 1.79. The molecule has 0 aliphatic heterocycles. The number of rotatable bonds is 18. The van der Waals surface area contributed by atoms with E-state index in [1.165, 1.54) is 24.3 Å². The monoisotopic (exact) mass is 1330 g/mol. The molecule has 8 rings (SSSR count). The molecule has 2 aromatic heterocycles. The molecule has 20 heteroatoms. The summed E-state index contributed by atoms with van der Waals surface area (Å²) in [5, 5.41) is 53.0. The average molecular weight is 1330 g/mol. The zero-order chi connectivity index (χ0) is 71.2. The predicted octanol–water partition coefficient (Wildman–Crippen LogP) is 9.26. The molecular weight excluding hydrogens is 1270 g/mol. The van der Waals surface area contributed by atoms with Crippen LogP contribution in [0.1, 0.15) is 81.8 Å². The van der Waals surface area contributed by atoms with E-state index in [0.717, 1.165) is 49.7 Å². The van der Waals surface area contributed by atoms with Gasteiger partial charge in [-0.05, 0) is 217 Å². The van der Waals surface area contributed by atoms with Gasteiger partial charge in [-0.25, -0.2) is 19.9 Å². The zero-order valence-corrected chi connectivity index (χ0v) is 53.3. The SMILES string of the molecule is CC#CC#CC#CC#CC#CC#CC#CC#CC#CC#CC#CC#CC#CC.N[C@H]1CCC[C@@H]1O.O=C(C[C@H]1CCC[C@@H]1O)[C@H](CO)c1ccc(Nc2ncc(-c3ccc(OC(F)F)cc3)cn2)cc1.O=C(O)[C@H](CO)c1ccc(Nc2ncc(-c3ccc(OC(F)F)cc3)cn2)cc1. The number of aliphatic carboxylic acids is 1. The molecule has 2 fully saturated rings. The summed E-state index contributed by atoms with van der Waals surface area (Å²) in [5.41, 5.74) is 10.9. The topological polar surface area (TPSA) is 255 Å². The molecule has 4 aromatic carbocycles. The second-order valence-corrected chi connectivity index (χ2v) is 20.3. The van der Waals surface area contributed by atoms with Crippen LogP contribution >= 0.6 is 0 Å². The largest absolute Gasteiger partial charge is 0.481 e. The van der Waals surface area contributed by atoms with Crippen molar-refractivity contribution < 1.29 is 62.2 Å². The van der Waals surface area contributed by atoms with Crippen LogP contribution in [0.2, 0.25) is 0 Å². The summed E-state index contributed by atoms with van der Waals surface area (Å²) >= 11 is 0. The van der Waals surface area contributed by atoms with Gasteiger partial charge in [0.05, 0.1) is 31.3 Å². The number of halogens is 4. The Kier molecular flexibility index (Phi) is 34.7. The third-order valence-corrected chi connectivity index (χ3v) is 13.6. The molecule has 494 valence electrons. The molecule has 16 nitrogen and oxygen atoms in total. The smallest absolute Gasteiger partial charge is 0.387 e. The van der Waals surface area contributed by atoms with Crippen molar-refractivity contribution in [1.29, 1.82) is 0 Å². The molecule has 2 heterocycles. The lowest BCUT2D eigenvalue weighted by atomic mass is 9.88. The Balaban J connectivity index is 0.000000256. The number of ether oxygens (including phenoxy) is 2. The van der Waals surface area contributed by atoms with Gasteiger partial charge >= 0.3 is 19.2 Å². The number of aliphatic hydroxyl groups excluding tert-OH is 4. The van der Waals surface area contributed by atoms with Crippen molar-refractivity contribution in [2.75, 3.05) is 23.8 Å². The maximum atomic E-state index is 12.7. The van der Waals surface area contributed by atoms with Crippen molar-refractivity contribution in [3.63, 3.8) is 0 Å². The summed E-state index contributed by atoms with van der Waals surface area (Å²) in [7, 11) is 0. The van der Waals surface area contributed by atoms with Crippen LogP contribution in [0.25, 0.3) is 22.3 Å². The van der Waals surface area contributed by atoms with Gasteiger partial charge in [-0.1, -0.05) is 66.8 Å². The number of carbonyl (C=O) groups excluding carboxylic acids is 1. The summed E-state index contributed by atoms with van der Waals surface area (Å²) in [6, 6.07) is 26.1. The molecule has 99 heavy (non-hydrogen) atoms. The van der Waals surface area contributed by atoms with Gasteiger partial charge in [0.25, 0.3) is 0 Å². The quantitative estimate of drug-likeness (QED) is 0.0295. The van der Waals surface area contributed by atoms with Crippen molar-refractivity contribution in [1.82, 2.24) is 19.9 Å². The zero-order valence-electron chi connectivity index (χ0n) is 53.3. The molecular formula is C79H61F4N7O9. The van der Waals surface area contributed by atoms with Crippen molar-refractivity contribution in [3.8, 4) is 188 Å². The summed E-state index contributed by atoms with van der Waals surface area (Å²) in [6.45, 7) is -3.12. The second-order valence-electron chi connectivity index (χ2n) is 20.3. The fourth-order valence-electron chi connectivity index (χ4n) is 8.75. The van der Waals surface area contributed by atoms with E-state index in [2.05, 4.69) is 194 Å². The van der Waals surface area contributed by atoms with Crippen LogP contribution < -0.4 is 25.8 Å². The van der Waals surface area contributed by atoms with E-state index in [9.17, 15) is 42.5 Å². The van der Waals surface area contributed by atoms with Crippen LogP contribution in [-0.2, 0) is 9.59 Å². The number of aliphatic hydroxyl groups is 4. The van der Waals surface area contributed by atoms with E-state index in [1.54, 1.807) is 111 Å². The normalized spacial score (nSPS) is 14.1. The highest BCUT2D eigenvalue weighted by Crippen LogP contribution is 2.32. The van der Waals surface area contributed by atoms with Gasteiger partial charge in [0.15, 0.2) is 0 Å². The molecule has 6 atom stereocenters. The number of ketones is 1. The van der Waals surface area contributed by atoms with Crippen molar-refractivity contribution in [2.24, 2.45) is 11.7 Å². The Morgan fingerprint density at radius 2 is 0.788 bits per heavy atom. The number of nitrogens with one attached hydrogen (secondary N) is 2. The molecule has 9 N–H and O–H groups in total. The summed E-state index contributed by atoms with van der Waals surface area (Å²) in [6.07, 6.45) is 11.5. The van der Waals surface area contributed by atoms with Crippen LogP contribution in [-0.4, -0.2) is 102 Å². The number of alkyl halides is 4. The Morgan fingerprint density at radius 1 is 0.465 bits per heavy atom. The molecule has 0 spiro atoms. The molecule has 2 aliphatic rings. The molecule has 0 unspecified atom stereocenters. The van der Waals surface area contributed by atoms with Gasteiger partial charge < -0.3 is 51.4 Å². The minimum atomic E-state index is -2.87. The lowest BCUT2D eigenvalue weighted by molar-refractivity contribution is -0.139. The van der Waals surface area contributed by atoms with E-state index < -0.39 is 43.7 Å². The highest BCUT2D eigenvalue weighted by Gasteiger charge is 2.30. The first kappa shape index (κ1) is 76.9. The van der Waals surface area contributed by atoms with Gasteiger partial charge in [0.1, 0.15) is 23.2 Å². The number of aromatic nitrogens is 4. The van der Waals surface area contributed by atoms with Crippen LogP contribution in [0.4, 0.5) is 40.8 Å². The summed E-state index contributed by atoms with van der Waals surface area (Å²) in [5.74, 6) is 63.7. The van der Waals surface area contributed by atoms with Gasteiger partial charge in [0.2, 0.25) is 11.9 Å². The molecule has 2 saturated carbocycles. The number of nitrogens with two attached hydrogens (primary N) is 1. The molecule has 6 aromatic rings. The maximum Gasteiger partial charge on any atom is 0.387 e. The number of hydrogen-bond acceptors (Lipinski definition) is 15. The van der Waals surface area contributed by atoms with Gasteiger partial charge in [0, 0.05) is 107 Å². The standard InChI is InChI=1S/C28H6.C26H27F2N3O4.C20H17F2N3O4.C5H11NO/c1-3-5-7-9-11-13-15-17-19-21-23-25-27-28-26-24-22-20-18-16-14-12-10-8-6-4-2;27-25(28)35-21-10-6-16(7-11-21)19-13-29-26(30-14-19)31-20-8-4-17(5-9-20)22(15-32)24(34)12-18-2-1-3-23(18)33;21-19(22)29-16-7-3-12(4-8-16)14-9-23-20(24-10-14)25-15-5-1-13(2-6-15)17(11-26)18(27)28;6-4-2-1-3-5(4)7/h1-2H3;4-11,13-14,18,22-23,25,32-33H,1-3,12,15H2,(H,29,30,31);1-10,17,19,26H,11H2,(H,27,28)(H,23,24,25);4-5,7H,1-3,6H2/t;18-,22-,23+;17-;4-,5-/m.110/s1. The molecule has 2 aliphatic carbocycles. The van der Waals surface area contributed by atoms with Crippen molar-refractivity contribution >= 4 is 35.0 Å². The van der Waals surface area contributed by atoms with Crippen LogP contribution in [0, 0.1) is 160 Å².